The molecule has 0 aromatic heterocycles. The highest BCUT2D eigenvalue weighted by Gasteiger charge is 2.09. The van der Waals surface area contributed by atoms with Gasteiger partial charge >= 0.3 is 0 Å². The predicted molar refractivity (Wildman–Crippen MR) is 81.4 cm³/mol. The molecule has 0 aliphatic rings. The zero-order valence-electron chi connectivity index (χ0n) is 13.0. The molecule has 4 heteroatoms. The highest BCUT2D eigenvalue weighted by atomic mass is 16.5. The van der Waals surface area contributed by atoms with Crippen LogP contribution in [0.3, 0.4) is 0 Å². The van der Waals surface area contributed by atoms with Gasteiger partial charge in [-0.25, -0.2) is 0 Å². The van der Waals surface area contributed by atoms with Crippen LogP contribution in [0.5, 0.6) is 5.75 Å². The van der Waals surface area contributed by atoms with Gasteiger partial charge in [0.25, 0.3) is 0 Å². The van der Waals surface area contributed by atoms with Gasteiger partial charge in [-0.1, -0.05) is 12.1 Å². The number of benzene rings is 1. The van der Waals surface area contributed by atoms with Crippen molar-refractivity contribution in [1.29, 1.82) is 0 Å². The molecule has 0 aliphatic heterocycles. The van der Waals surface area contributed by atoms with Crippen LogP contribution in [-0.4, -0.2) is 43.6 Å². The average Bonchev–Trinajstić information content (AvgIpc) is 2.43. The summed E-state index contributed by atoms with van der Waals surface area (Å²) in [4.78, 5) is 0. The second kappa shape index (κ2) is 8.95. The third kappa shape index (κ3) is 6.37. The molecule has 0 heterocycles. The van der Waals surface area contributed by atoms with E-state index in [1.54, 1.807) is 0 Å². The number of aliphatic hydroxyl groups is 1. The quantitative estimate of drug-likeness (QED) is 0.727. The van der Waals surface area contributed by atoms with Gasteiger partial charge < -0.3 is 19.9 Å². The second-order valence-electron chi connectivity index (χ2n) is 5.20. The van der Waals surface area contributed by atoms with E-state index in [0.717, 1.165) is 16.9 Å². The van der Waals surface area contributed by atoms with Crippen molar-refractivity contribution in [3.8, 4) is 5.75 Å². The van der Waals surface area contributed by atoms with Gasteiger partial charge in [-0.3, -0.25) is 0 Å². The van der Waals surface area contributed by atoms with Crippen molar-refractivity contribution in [3.63, 3.8) is 0 Å². The molecule has 1 rings (SSSR count). The summed E-state index contributed by atoms with van der Waals surface area (Å²) in [5, 5.41) is 13.1. The maximum atomic E-state index is 9.92. The molecule has 0 saturated heterocycles. The zero-order valence-corrected chi connectivity index (χ0v) is 13.0. The Bertz CT molecular complexity index is 395. The minimum absolute atomic E-state index is 0.227. The molecule has 2 N–H and O–H groups in total. The van der Waals surface area contributed by atoms with Crippen LogP contribution in [-0.2, 0) is 4.74 Å². The molecule has 0 spiro atoms. The summed E-state index contributed by atoms with van der Waals surface area (Å²) < 4.78 is 11.0. The van der Waals surface area contributed by atoms with Crippen LogP contribution in [0.4, 0.5) is 0 Å². The van der Waals surface area contributed by atoms with E-state index in [9.17, 15) is 5.11 Å². The minimum atomic E-state index is -0.529. The average molecular weight is 281 g/mol. The van der Waals surface area contributed by atoms with E-state index in [1.165, 1.54) is 0 Å². The SMILES string of the molecule is CCOCC(C)NCC(O)COc1cc(C)ccc1C. The molecule has 2 unspecified atom stereocenters. The fourth-order valence-electron chi connectivity index (χ4n) is 1.80. The molecule has 2 atom stereocenters. The molecule has 20 heavy (non-hydrogen) atoms. The van der Waals surface area contributed by atoms with Gasteiger partial charge in [-0.05, 0) is 44.9 Å². The first-order chi connectivity index (χ1) is 9.52. The highest BCUT2D eigenvalue weighted by molar-refractivity contribution is 5.35. The summed E-state index contributed by atoms with van der Waals surface area (Å²) >= 11 is 0. The molecule has 0 radical (unpaired) electrons. The minimum Gasteiger partial charge on any atom is -0.491 e. The first kappa shape index (κ1) is 17.0. The predicted octanol–water partition coefficient (Wildman–Crippen LogP) is 2.06. The Morgan fingerprint density at radius 3 is 2.70 bits per heavy atom. The standard InChI is InChI=1S/C16H27NO3/c1-5-19-10-14(4)17-9-15(18)11-20-16-8-12(2)6-7-13(16)3/h6-8,14-15,17-18H,5,9-11H2,1-4H3. The van der Waals surface area contributed by atoms with Crippen LogP contribution >= 0.6 is 0 Å². The van der Waals surface area contributed by atoms with E-state index >= 15 is 0 Å². The molecule has 1 aromatic carbocycles. The summed E-state index contributed by atoms with van der Waals surface area (Å²) in [5.41, 5.74) is 2.24. The fraction of sp³-hybridized carbons (Fsp3) is 0.625. The lowest BCUT2D eigenvalue weighted by Crippen LogP contribution is -2.38. The summed E-state index contributed by atoms with van der Waals surface area (Å²) in [6.45, 7) is 10.2. The van der Waals surface area contributed by atoms with Crippen LogP contribution in [0.25, 0.3) is 0 Å². The second-order valence-corrected chi connectivity index (χ2v) is 5.20. The van der Waals surface area contributed by atoms with Crippen molar-refractivity contribution in [2.45, 2.75) is 39.8 Å². The Kier molecular flexibility index (Phi) is 7.59. The molecule has 4 nitrogen and oxygen atoms in total. The van der Waals surface area contributed by atoms with E-state index < -0.39 is 6.10 Å². The van der Waals surface area contributed by atoms with Gasteiger partial charge in [0.15, 0.2) is 0 Å². The Hall–Kier alpha value is -1.10. The largest absolute Gasteiger partial charge is 0.491 e. The van der Waals surface area contributed by atoms with Crippen molar-refractivity contribution >= 4 is 0 Å². The molecular formula is C16H27NO3. The molecule has 0 amide bonds. The Labute approximate surface area is 122 Å². The number of rotatable bonds is 9. The van der Waals surface area contributed by atoms with Gasteiger partial charge in [-0.2, -0.15) is 0 Å². The number of hydrogen-bond donors (Lipinski definition) is 2. The number of aliphatic hydroxyl groups excluding tert-OH is 1. The zero-order chi connectivity index (χ0) is 15.0. The van der Waals surface area contributed by atoms with Gasteiger partial charge in [0.05, 0.1) is 6.61 Å². The van der Waals surface area contributed by atoms with E-state index in [1.807, 2.05) is 39.8 Å². The molecule has 0 fully saturated rings. The third-order valence-corrected chi connectivity index (χ3v) is 3.05. The summed E-state index contributed by atoms with van der Waals surface area (Å²) in [6, 6.07) is 6.30. The van der Waals surface area contributed by atoms with Crippen molar-refractivity contribution < 1.29 is 14.6 Å². The molecule has 0 aliphatic carbocycles. The van der Waals surface area contributed by atoms with Gasteiger partial charge in [0.2, 0.25) is 0 Å². The lowest BCUT2D eigenvalue weighted by molar-refractivity contribution is 0.0905. The Balaban J connectivity index is 2.29. The first-order valence-electron chi connectivity index (χ1n) is 7.22. The molecule has 0 bridgehead atoms. The number of ether oxygens (including phenoxy) is 2. The van der Waals surface area contributed by atoms with E-state index in [4.69, 9.17) is 9.47 Å². The van der Waals surface area contributed by atoms with Crippen LogP contribution in [0.2, 0.25) is 0 Å². The maximum Gasteiger partial charge on any atom is 0.122 e. The van der Waals surface area contributed by atoms with E-state index in [-0.39, 0.29) is 6.04 Å². The van der Waals surface area contributed by atoms with E-state index in [0.29, 0.717) is 26.4 Å². The maximum absolute atomic E-state index is 9.92. The lowest BCUT2D eigenvalue weighted by Gasteiger charge is -2.18. The van der Waals surface area contributed by atoms with Gasteiger partial charge in [-0.15, -0.1) is 0 Å². The van der Waals surface area contributed by atoms with E-state index in [2.05, 4.69) is 11.4 Å². The first-order valence-corrected chi connectivity index (χ1v) is 7.22. The summed E-state index contributed by atoms with van der Waals surface area (Å²) in [7, 11) is 0. The molecule has 114 valence electrons. The smallest absolute Gasteiger partial charge is 0.122 e. The number of hydrogen-bond acceptors (Lipinski definition) is 4. The summed E-state index contributed by atoms with van der Waals surface area (Å²) in [5.74, 6) is 0.839. The fourth-order valence-corrected chi connectivity index (χ4v) is 1.80. The molecule has 1 aromatic rings. The lowest BCUT2D eigenvalue weighted by atomic mass is 10.1. The van der Waals surface area contributed by atoms with Crippen molar-refractivity contribution in [3.05, 3.63) is 29.3 Å². The van der Waals surface area contributed by atoms with Gasteiger partial charge in [0, 0.05) is 19.2 Å². The third-order valence-electron chi connectivity index (χ3n) is 3.05. The van der Waals surface area contributed by atoms with Crippen LogP contribution in [0.1, 0.15) is 25.0 Å². The van der Waals surface area contributed by atoms with Crippen LogP contribution < -0.4 is 10.1 Å². The number of aryl methyl sites for hydroxylation is 2. The van der Waals surface area contributed by atoms with Crippen molar-refractivity contribution in [1.82, 2.24) is 5.32 Å². The molecular weight excluding hydrogens is 254 g/mol. The Morgan fingerprint density at radius 1 is 1.25 bits per heavy atom. The van der Waals surface area contributed by atoms with Crippen LogP contribution in [0, 0.1) is 13.8 Å². The Morgan fingerprint density at radius 2 is 2.00 bits per heavy atom. The van der Waals surface area contributed by atoms with Crippen molar-refractivity contribution in [2.24, 2.45) is 0 Å². The van der Waals surface area contributed by atoms with Crippen molar-refractivity contribution in [2.75, 3.05) is 26.4 Å². The topological polar surface area (TPSA) is 50.7 Å². The summed E-state index contributed by atoms with van der Waals surface area (Å²) in [6.07, 6.45) is -0.529. The monoisotopic (exact) mass is 281 g/mol. The molecule has 0 saturated carbocycles. The highest BCUT2D eigenvalue weighted by Crippen LogP contribution is 2.19. The number of nitrogens with one attached hydrogen (secondary N) is 1. The van der Waals surface area contributed by atoms with Gasteiger partial charge in [0.1, 0.15) is 18.5 Å². The normalized spacial score (nSPS) is 14.1. The van der Waals surface area contributed by atoms with Crippen LogP contribution in [0.15, 0.2) is 18.2 Å².